The van der Waals surface area contributed by atoms with E-state index in [1.807, 2.05) is 32.0 Å². The molecule has 180 valence electrons. The molecule has 0 fully saturated rings. The Labute approximate surface area is 201 Å². The van der Waals surface area contributed by atoms with Gasteiger partial charge in [0.05, 0.1) is 11.9 Å². The number of carbonyl (C=O) groups is 2. The van der Waals surface area contributed by atoms with E-state index >= 15 is 0 Å². The number of rotatable bonds is 11. The second kappa shape index (κ2) is 12.0. The number of benzene rings is 2. The van der Waals surface area contributed by atoms with Crippen LogP contribution < -0.4 is 9.62 Å². The molecule has 0 spiro atoms. The molecule has 2 amide bonds. The molecule has 1 N–H and O–H groups in total. The van der Waals surface area contributed by atoms with Crippen molar-refractivity contribution < 1.29 is 18.0 Å². The summed E-state index contributed by atoms with van der Waals surface area (Å²) in [5.74, 6) is -0.460. The van der Waals surface area contributed by atoms with Gasteiger partial charge in [-0.15, -0.1) is 0 Å². The fourth-order valence-electron chi connectivity index (χ4n) is 3.48. The van der Waals surface area contributed by atoms with Crippen molar-refractivity contribution in [3.8, 4) is 0 Å². The molecule has 0 aromatic heterocycles. The predicted molar refractivity (Wildman–Crippen MR) is 133 cm³/mol. The lowest BCUT2D eigenvalue weighted by molar-refractivity contribution is -0.140. The lowest BCUT2D eigenvalue weighted by atomic mass is 10.1. The Balaban J connectivity index is 2.14. The van der Waals surface area contributed by atoms with E-state index in [9.17, 15) is 18.0 Å². The van der Waals surface area contributed by atoms with Crippen LogP contribution in [0.5, 0.6) is 0 Å². The van der Waals surface area contributed by atoms with E-state index in [4.69, 9.17) is 11.6 Å². The molecule has 0 heterocycles. The number of hydrogen-bond acceptors (Lipinski definition) is 4. The number of likely N-dealkylation sites (N-methyl/N-ethyl adjacent to an activating group) is 1. The van der Waals surface area contributed by atoms with Crippen LogP contribution in [0.25, 0.3) is 0 Å². The first-order valence-electron chi connectivity index (χ1n) is 10.9. The van der Waals surface area contributed by atoms with Crippen molar-refractivity contribution in [2.45, 2.75) is 46.2 Å². The molecular formula is C24H32ClN3O4S. The van der Waals surface area contributed by atoms with Gasteiger partial charge >= 0.3 is 0 Å². The summed E-state index contributed by atoms with van der Waals surface area (Å²) < 4.78 is 26.0. The summed E-state index contributed by atoms with van der Waals surface area (Å²) in [6, 6.07) is 13.7. The Morgan fingerprint density at radius 1 is 1.12 bits per heavy atom. The predicted octanol–water partition coefficient (Wildman–Crippen LogP) is 3.75. The molecule has 0 saturated heterocycles. The highest BCUT2D eigenvalue weighted by Crippen LogP contribution is 2.20. The van der Waals surface area contributed by atoms with Crippen LogP contribution in [0.2, 0.25) is 5.02 Å². The fraction of sp³-hybridized carbons (Fsp3) is 0.417. The molecular weight excluding hydrogens is 462 g/mol. The van der Waals surface area contributed by atoms with Crippen LogP contribution in [0.3, 0.4) is 0 Å². The Morgan fingerprint density at radius 2 is 1.79 bits per heavy atom. The molecule has 7 nitrogen and oxygen atoms in total. The molecule has 2 aromatic carbocycles. The fourth-order valence-corrected chi connectivity index (χ4v) is 4.56. The second-order valence-electron chi connectivity index (χ2n) is 8.00. The number of aryl methyl sites for hydroxylation is 1. The van der Waals surface area contributed by atoms with Gasteiger partial charge in [0.25, 0.3) is 0 Å². The van der Waals surface area contributed by atoms with E-state index in [2.05, 4.69) is 5.32 Å². The van der Waals surface area contributed by atoms with Crippen molar-refractivity contribution in [2.75, 3.05) is 23.7 Å². The van der Waals surface area contributed by atoms with Crippen LogP contribution in [-0.2, 0) is 26.2 Å². The summed E-state index contributed by atoms with van der Waals surface area (Å²) in [5.41, 5.74) is 2.36. The molecule has 0 aliphatic heterocycles. The maximum atomic E-state index is 13.1. The molecule has 1 atom stereocenters. The number of halogens is 1. The summed E-state index contributed by atoms with van der Waals surface area (Å²) >= 11 is 5.96. The molecule has 0 bridgehead atoms. The number of anilines is 1. The smallest absolute Gasteiger partial charge is 0.242 e. The molecule has 0 unspecified atom stereocenters. The molecule has 9 heteroatoms. The van der Waals surface area contributed by atoms with Crippen LogP contribution in [0.4, 0.5) is 5.69 Å². The lowest BCUT2D eigenvalue weighted by Crippen LogP contribution is -2.47. The largest absolute Gasteiger partial charge is 0.355 e. The monoisotopic (exact) mass is 493 g/mol. The van der Waals surface area contributed by atoms with Gasteiger partial charge in [-0.3, -0.25) is 13.9 Å². The average molecular weight is 494 g/mol. The highest BCUT2D eigenvalue weighted by molar-refractivity contribution is 7.92. The van der Waals surface area contributed by atoms with Crippen molar-refractivity contribution in [2.24, 2.45) is 0 Å². The van der Waals surface area contributed by atoms with E-state index < -0.39 is 16.1 Å². The Hall–Kier alpha value is -2.58. The third-order valence-electron chi connectivity index (χ3n) is 5.23. The zero-order valence-corrected chi connectivity index (χ0v) is 21.1. The van der Waals surface area contributed by atoms with Crippen molar-refractivity contribution in [1.29, 1.82) is 0 Å². The maximum absolute atomic E-state index is 13.1. The van der Waals surface area contributed by atoms with Gasteiger partial charge in [-0.2, -0.15) is 0 Å². The van der Waals surface area contributed by atoms with Gasteiger partial charge < -0.3 is 10.2 Å². The van der Waals surface area contributed by atoms with Gasteiger partial charge in [-0.05, 0) is 62.6 Å². The van der Waals surface area contributed by atoms with E-state index in [-0.39, 0.29) is 31.3 Å². The summed E-state index contributed by atoms with van der Waals surface area (Å²) in [6.45, 7) is 6.28. The second-order valence-corrected chi connectivity index (χ2v) is 10.3. The van der Waals surface area contributed by atoms with E-state index in [0.29, 0.717) is 23.7 Å². The first-order chi connectivity index (χ1) is 15.5. The van der Waals surface area contributed by atoms with Gasteiger partial charge in [0.15, 0.2) is 0 Å². The SMILES string of the molecule is CCNC(=O)[C@H](C)N(Cc1ccc(Cl)cc1)C(=O)CCCN(c1cccc(C)c1)S(C)(=O)=O. The van der Waals surface area contributed by atoms with Crippen molar-refractivity contribution in [3.05, 3.63) is 64.7 Å². The Bertz CT molecular complexity index is 1060. The van der Waals surface area contributed by atoms with Crippen molar-refractivity contribution in [1.82, 2.24) is 10.2 Å². The number of nitrogens with zero attached hydrogens (tertiary/aromatic N) is 2. The summed E-state index contributed by atoms with van der Waals surface area (Å²) in [7, 11) is -3.51. The number of amides is 2. The Kier molecular flexibility index (Phi) is 9.73. The normalized spacial score (nSPS) is 12.2. The van der Waals surface area contributed by atoms with Crippen LogP contribution >= 0.6 is 11.6 Å². The molecule has 2 aromatic rings. The van der Waals surface area contributed by atoms with Gasteiger partial charge in [-0.25, -0.2) is 8.42 Å². The molecule has 2 rings (SSSR count). The first-order valence-corrected chi connectivity index (χ1v) is 13.1. The zero-order chi connectivity index (χ0) is 24.6. The number of sulfonamides is 1. The third-order valence-corrected chi connectivity index (χ3v) is 6.67. The lowest BCUT2D eigenvalue weighted by Gasteiger charge is -2.29. The molecule has 0 radical (unpaired) electrons. The maximum Gasteiger partial charge on any atom is 0.242 e. The number of carbonyl (C=O) groups excluding carboxylic acids is 2. The van der Waals surface area contributed by atoms with Crippen LogP contribution in [-0.4, -0.2) is 50.5 Å². The van der Waals surface area contributed by atoms with Crippen molar-refractivity contribution >= 4 is 39.1 Å². The quantitative estimate of drug-likeness (QED) is 0.516. The average Bonchev–Trinajstić information content (AvgIpc) is 2.75. The minimum Gasteiger partial charge on any atom is -0.355 e. The topological polar surface area (TPSA) is 86.8 Å². The molecule has 0 saturated carbocycles. The van der Waals surface area contributed by atoms with Gasteiger partial charge in [0.1, 0.15) is 6.04 Å². The first kappa shape index (κ1) is 26.7. The zero-order valence-electron chi connectivity index (χ0n) is 19.5. The highest BCUT2D eigenvalue weighted by atomic mass is 35.5. The van der Waals surface area contributed by atoms with Crippen LogP contribution in [0.15, 0.2) is 48.5 Å². The summed E-state index contributed by atoms with van der Waals surface area (Å²) in [5, 5.41) is 3.34. The van der Waals surface area contributed by atoms with Crippen molar-refractivity contribution in [3.63, 3.8) is 0 Å². The van der Waals surface area contributed by atoms with Gasteiger partial charge in [-0.1, -0.05) is 35.9 Å². The van der Waals surface area contributed by atoms with E-state index in [1.54, 1.807) is 37.3 Å². The van der Waals surface area contributed by atoms with E-state index in [1.165, 1.54) is 9.21 Å². The summed E-state index contributed by atoms with van der Waals surface area (Å²) in [6.07, 6.45) is 1.58. The molecule has 0 aliphatic rings. The van der Waals surface area contributed by atoms with Gasteiger partial charge in [0.2, 0.25) is 21.8 Å². The minimum atomic E-state index is -3.51. The van der Waals surface area contributed by atoms with E-state index in [0.717, 1.165) is 17.4 Å². The third kappa shape index (κ3) is 8.05. The van der Waals surface area contributed by atoms with Crippen LogP contribution in [0, 0.1) is 6.92 Å². The molecule has 0 aliphatic carbocycles. The van der Waals surface area contributed by atoms with Crippen LogP contribution in [0.1, 0.15) is 37.8 Å². The Morgan fingerprint density at radius 3 is 2.36 bits per heavy atom. The number of nitrogens with one attached hydrogen (secondary N) is 1. The standard InChI is InChI=1S/C24H32ClN3O4S/c1-5-26-24(30)19(3)27(17-20-11-13-21(25)14-12-20)23(29)10-7-15-28(33(4,31)32)22-9-6-8-18(2)16-22/h6,8-9,11-14,16,19H,5,7,10,15,17H2,1-4H3,(H,26,30)/t19-/m0/s1. The highest BCUT2D eigenvalue weighted by Gasteiger charge is 2.26. The molecule has 33 heavy (non-hydrogen) atoms. The summed E-state index contributed by atoms with van der Waals surface area (Å²) in [4.78, 5) is 27.1. The minimum absolute atomic E-state index is 0.106. The number of hydrogen-bond donors (Lipinski definition) is 1. The van der Waals surface area contributed by atoms with Gasteiger partial charge in [0, 0.05) is 31.1 Å².